The van der Waals surface area contributed by atoms with Gasteiger partial charge in [-0.1, -0.05) is 23.9 Å². The number of aliphatic imine (C=N–C) groups is 1. The highest BCUT2D eigenvalue weighted by Gasteiger charge is 2.38. The second kappa shape index (κ2) is 7.64. The standard InChI is InChI=1S/C17H23N3O2S/c1-5-18-17-20(6-2)16(22)14(23-17)10-15(21)19-13-9-7-8-11(3)12(13)4/h7-9,14H,5-6,10H2,1-4H3,(H,19,21)/t14-/m0/s1. The maximum absolute atomic E-state index is 12.4. The van der Waals surface area contributed by atoms with Crippen LogP contribution in [-0.2, 0) is 9.59 Å². The van der Waals surface area contributed by atoms with E-state index in [0.717, 1.165) is 22.0 Å². The average Bonchev–Trinajstić information content (AvgIpc) is 2.79. The van der Waals surface area contributed by atoms with E-state index in [1.807, 2.05) is 45.9 Å². The summed E-state index contributed by atoms with van der Waals surface area (Å²) in [4.78, 5) is 30.7. The Labute approximate surface area is 141 Å². The number of amidine groups is 1. The van der Waals surface area contributed by atoms with Crippen LogP contribution in [0.1, 0.15) is 31.4 Å². The van der Waals surface area contributed by atoms with Gasteiger partial charge in [-0.3, -0.25) is 19.5 Å². The van der Waals surface area contributed by atoms with Crippen LogP contribution in [0.5, 0.6) is 0 Å². The fraction of sp³-hybridized carbons (Fsp3) is 0.471. The summed E-state index contributed by atoms with van der Waals surface area (Å²) in [7, 11) is 0. The molecule has 0 radical (unpaired) electrons. The summed E-state index contributed by atoms with van der Waals surface area (Å²) in [5, 5.41) is 3.26. The van der Waals surface area contributed by atoms with Crippen molar-refractivity contribution in [2.45, 2.75) is 39.4 Å². The van der Waals surface area contributed by atoms with Crippen LogP contribution in [0.3, 0.4) is 0 Å². The van der Waals surface area contributed by atoms with Gasteiger partial charge in [0.1, 0.15) is 5.25 Å². The number of anilines is 1. The highest BCUT2D eigenvalue weighted by molar-refractivity contribution is 8.15. The minimum atomic E-state index is -0.384. The molecule has 1 aliphatic heterocycles. The fourth-order valence-corrected chi connectivity index (χ4v) is 3.71. The number of carbonyl (C=O) groups is 2. The largest absolute Gasteiger partial charge is 0.326 e. The van der Waals surface area contributed by atoms with Crippen molar-refractivity contribution in [1.29, 1.82) is 0 Å². The molecule has 23 heavy (non-hydrogen) atoms. The Balaban J connectivity index is 2.04. The van der Waals surface area contributed by atoms with Crippen LogP contribution in [0.15, 0.2) is 23.2 Å². The molecule has 1 N–H and O–H groups in total. The highest BCUT2D eigenvalue weighted by atomic mass is 32.2. The van der Waals surface area contributed by atoms with Crippen molar-refractivity contribution in [3.63, 3.8) is 0 Å². The van der Waals surface area contributed by atoms with E-state index in [1.54, 1.807) is 4.90 Å². The van der Waals surface area contributed by atoms with Gasteiger partial charge in [0.2, 0.25) is 11.8 Å². The fourth-order valence-electron chi connectivity index (χ4n) is 2.44. The van der Waals surface area contributed by atoms with Crippen LogP contribution in [0, 0.1) is 13.8 Å². The van der Waals surface area contributed by atoms with Gasteiger partial charge in [-0.15, -0.1) is 0 Å². The van der Waals surface area contributed by atoms with Gasteiger partial charge >= 0.3 is 0 Å². The number of benzene rings is 1. The summed E-state index contributed by atoms with van der Waals surface area (Å²) in [5.41, 5.74) is 2.98. The van der Waals surface area contributed by atoms with Gasteiger partial charge in [0.25, 0.3) is 0 Å². The second-order valence-electron chi connectivity index (χ2n) is 5.45. The summed E-state index contributed by atoms with van der Waals surface area (Å²) in [6, 6.07) is 5.80. The quantitative estimate of drug-likeness (QED) is 0.901. The lowest BCUT2D eigenvalue weighted by molar-refractivity contribution is -0.128. The Kier molecular flexibility index (Phi) is 5.82. The van der Waals surface area contributed by atoms with Gasteiger partial charge in [-0.05, 0) is 44.9 Å². The molecule has 5 nitrogen and oxygen atoms in total. The predicted octanol–water partition coefficient (Wildman–Crippen LogP) is 2.97. The SMILES string of the molecule is CCN=C1S[C@@H](CC(=O)Nc2cccc(C)c2C)C(=O)N1CC. The molecule has 1 aliphatic rings. The Morgan fingerprint density at radius 2 is 2.09 bits per heavy atom. The summed E-state index contributed by atoms with van der Waals surface area (Å²) < 4.78 is 0. The van der Waals surface area contributed by atoms with Crippen LogP contribution < -0.4 is 5.32 Å². The van der Waals surface area contributed by atoms with Crippen LogP contribution in [0.25, 0.3) is 0 Å². The number of hydrogen-bond acceptors (Lipinski definition) is 4. The lowest BCUT2D eigenvalue weighted by Gasteiger charge is -2.13. The zero-order valence-electron chi connectivity index (χ0n) is 14.0. The third-order valence-electron chi connectivity index (χ3n) is 3.88. The molecule has 0 aliphatic carbocycles. The van der Waals surface area contributed by atoms with Crippen molar-refractivity contribution < 1.29 is 9.59 Å². The number of carbonyl (C=O) groups excluding carboxylic acids is 2. The van der Waals surface area contributed by atoms with Gasteiger partial charge < -0.3 is 5.32 Å². The first-order chi connectivity index (χ1) is 11.0. The average molecular weight is 333 g/mol. The van der Waals surface area contributed by atoms with E-state index >= 15 is 0 Å². The minimum absolute atomic E-state index is 0.0270. The van der Waals surface area contributed by atoms with Crippen molar-refractivity contribution in [2.75, 3.05) is 18.4 Å². The van der Waals surface area contributed by atoms with Crippen molar-refractivity contribution in [3.05, 3.63) is 29.3 Å². The third kappa shape index (κ3) is 3.93. The molecule has 2 amide bonds. The van der Waals surface area contributed by atoms with Crippen molar-refractivity contribution in [3.8, 4) is 0 Å². The molecule has 0 spiro atoms. The van der Waals surface area contributed by atoms with E-state index in [-0.39, 0.29) is 23.5 Å². The van der Waals surface area contributed by atoms with E-state index in [4.69, 9.17) is 0 Å². The smallest absolute Gasteiger partial charge is 0.242 e. The number of aryl methyl sites for hydroxylation is 1. The molecule has 1 fully saturated rings. The summed E-state index contributed by atoms with van der Waals surface area (Å²) in [6.45, 7) is 9.06. The topological polar surface area (TPSA) is 61.8 Å². The van der Waals surface area contributed by atoms with E-state index < -0.39 is 0 Å². The number of hydrogen-bond donors (Lipinski definition) is 1. The number of nitrogens with one attached hydrogen (secondary N) is 1. The van der Waals surface area contributed by atoms with E-state index in [9.17, 15) is 9.59 Å². The molecule has 0 unspecified atom stereocenters. The molecule has 2 rings (SSSR count). The molecule has 1 aromatic rings. The van der Waals surface area contributed by atoms with Gasteiger partial charge in [-0.25, -0.2) is 0 Å². The first kappa shape index (κ1) is 17.5. The van der Waals surface area contributed by atoms with E-state index in [2.05, 4.69) is 10.3 Å². The molecule has 1 aromatic carbocycles. The van der Waals surface area contributed by atoms with Crippen molar-refractivity contribution in [2.24, 2.45) is 4.99 Å². The molecule has 1 heterocycles. The Morgan fingerprint density at radius 3 is 2.74 bits per heavy atom. The maximum atomic E-state index is 12.4. The maximum Gasteiger partial charge on any atom is 0.242 e. The van der Waals surface area contributed by atoms with Gasteiger partial charge in [-0.2, -0.15) is 0 Å². The van der Waals surface area contributed by atoms with Crippen molar-refractivity contribution >= 4 is 34.4 Å². The van der Waals surface area contributed by atoms with Gasteiger partial charge in [0.05, 0.1) is 0 Å². The number of amides is 2. The Bertz CT molecular complexity index is 643. The summed E-state index contributed by atoms with van der Waals surface area (Å²) >= 11 is 1.39. The highest BCUT2D eigenvalue weighted by Crippen LogP contribution is 2.30. The summed E-state index contributed by atoms with van der Waals surface area (Å²) in [5.74, 6) is -0.167. The first-order valence-corrected chi connectivity index (χ1v) is 8.74. The van der Waals surface area contributed by atoms with Crippen LogP contribution in [0.2, 0.25) is 0 Å². The van der Waals surface area contributed by atoms with E-state index in [0.29, 0.717) is 13.1 Å². The molecular formula is C17H23N3O2S. The van der Waals surface area contributed by atoms with Crippen LogP contribution in [0.4, 0.5) is 5.69 Å². The number of nitrogens with zero attached hydrogens (tertiary/aromatic N) is 2. The molecule has 1 saturated heterocycles. The van der Waals surface area contributed by atoms with Gasteiger partial charge in [0, 0.05) is 25.2 Å². The molecular weight excluding hydrogens is 310 g/mol. The normalized spacial score (nSPS) is 19.5. The van der Waals surface area contributed by atoms with E-state index in [1.165, 1.54) is 11.8 Å². The minimum Gasteiger partial charge on any atom is -0.326 e. The summed E-state index contributed by atoms with van der Waals surface area (Å²) in [6.07, 6.45) is 0.163. The predicted molar refractivity (Wildman–Crippen MR) is 95.9 cm³/mol. The number of rotatable bonds is 5. The van der Waals surface area contributed by atoms with Crippen molar-refractivity contribution in [1.82, 2.24) is 4.90 Å². The Morgan fingerprint density at radius 1 is 1.35 bits per heavy atom. The monoisotopic (exact) mass is 333 g/mol. The first-order valence-electron chi connectivity index (χ1n) is 7.86. The second-order valence-corrected chi connectivity index (χ2v) is 6.62. The zero-order valence-corrected chi connectivity index (χ0v) is 14.9. The van der Waals surface area contributed by atoms with Crippen LogP contribution >= 0.6 is 11.8 Å². The molecule has 1 atom stereocenters. The molecule has 6 heteroatoms. The van der Waals surface area contributed by atoms with Crippen LogP contribution in [-0.4, -0.2) is 40.2 Å². The molecule has 124 valence electrons. The lowest BCUT2D eigenvalue weighted by atomic mass is 10.1. The number of thioether (sulfide) groups is 1. The molecule has 0 aromatic heterocycles. The third-order valence-corrected chi connectivity index (χ3v) is 5.09. The van der Waals surface area contributed by atoms with Gasteiger partial charge in [0.15, 0.2) is 5.17 Å². The Hall–Kier alpha value is -1.82. The zero-order chi connectivity index (χ0) is 17.0. The molecule has 0 bridgehead atoms. The lowest BCUT2D eigenvalue weighted by Crippen LogP contribution is -2.33. The molecule has 0 saturated carbocycles.